The second kappa shape index (κ2) is 2.83. The maximum absolute atomic E-state index is 3.46. The second-order valence-electron chi connectivity index (χ2n) is 4.14. The third-order valence-corrected chi connectivity index (χ3v) is 3.77. The summed E-state index contributed by atoms with van der Waals surface area (Å²) in [7, 11) is 0. The van der Waals surface area contributed by atoms with Crippen LogP contribution >= 0.6 is 15.9 Å². The molecule has 0 aromatic heterocycles. The highest BCUT2D eigenvalue weighted by Gasteiger charge is 2.51. The van der Waals surface area contributed by atoms with Crippen LogP contribution < -0.4 is 0 Å². The van der Waals surface area contributed by atoms with Crippen molar-refractivity contribution in [2.24, 2.45) is 5.41 Å². The molecule has 2 aliphatic carbocycles. The molecular formula is C13H11Br. The van der Waals surface area contributed by atoms with Gasteiger partial charge in [0, 0.05) is 9.89 Å². The van der Waals surface area contributed by atoms with Gasteiger partial charge < -0.3 is 0 Å². The summed E-state index contributed by atoms with van der Waals surface area (Å²) in [6, 6.07) is 8.71. The van der Waals surface area contributed by atoms with Gasteiger partial charge in [0.15, 0.2) is 0 Å². The lowest BCUT2D eigenvalue weighted by Crippen LogP contribution is -1.91. The van der Waals surface area contributed by atoms with E-state index >= 15 is 0 Å². The summed E-state index contributed by atoms with van der Waals surface area (Å²) in [4.78, 5) is 0. The second-order valence-corrected chi connectivity index (χ2v) is 5.05. The molecule has 0 saturated heterocycles. The highest BCUT2D eigenvalue weighted by atomic mass is 79.9. The molecule has 0 heterocycles. The van der Waals surface area contributed by atoms with Gasteiger partial charge in [-0.15, -0.1) is 0 Å². The van der Waals surface area contributed by atoms with Gasteiger partial charge >= 0.3 is 0 Å². The maximum Gasteiger partial charge on any atom is 0.0175 e. The lowest BCUT2D eigenvalue weighted by atomic mass is 10.0. The molecule has 2 aliphatic rings. The third kappa shape index (κ3) is 1.19. The van der Waals surface area contributed by atoms with Crippen LogP contribution in [-0.4, -0.2) is 0 Å². The number of hydrogen-bond acceptors (Lipinski definition) is 0. The summed E-state index contributed by atoms with van der Waals surface area (Å²) in [5, 5.41) is 0. The Morgan fingerprint density at radius 3 is 2.36 bits per heavy atom. The number of benzene rings is 1. The minimum absolute atomic E-state index is 0.383. The van der Waals surface area contributed by atoms with Gasteiger partial charge in [0.2, 0.25) is 0 Å². The Balaban J connectivity index is 1.89. The van der Waals surface area contributed by atoms with Crippen LogP contribution in [0.25, 0.3) is 0 Å². The molecule has 0 nitrogen and oxygen atoms in total. The minimum atomic E-state index is 0.383. The van der Waals surface area contributed by atoms with Crippen LogP contribution in [-0.2, 0) is 0 Å². The van der Waals surface area contributed by atoms with Crippen molar-refractivity contribution in [3.63, 3.8) is 0 Å². The van der Waals surface area contributed by atoms with Crippen LogP contribution in [0, 0.1) is 5.41 Å². The lowest BCUT2D eigenvalue weighted by Gasteiger charge is -2.04. The summed E-state index contributed by atoms with van der Waals surface area (Å²) in [5.74, 6) is 0.714. The molecule has 1 spiro atoms. The summed E-state index contributed by atoms with van der Waals surface area (Å²) in [5.41, 5.74) is 1.85. The average Bonchev–Trinajstić information content (AvgIpc) is 2.68. The first-order valence-corrected chi connectivity index (χ1v) is 5.72. The highest BCUT2D eigenvalue weighted by Crippen LogP contribution is 2.62. The Morgan fingerprint density at radius 1 is 1.07 bits per heavy atom. The molecule has 0 bridgehead atoms. The fourth-order valence-corrected chi connectivity index (χ4v) is 2.58. The fraction of sp³-hybridized carbons (Fsp3) is 0.231. The van der Waals surface area contributed by atoms with Crippen molar-refractivity contribution < 1.29 is 0 Å². The van der Waals surface area contributed by atoms with Gasteiger partial charge in [-0.2, -0.15) is 0 Å². The van der Waals surface area contributed by atoms with E-state index in [-0.39, 0.29) is 0 Å². The van der Waals surface area contributed by atoms with Crippen molar-refractivity contribution in [3.05, 3.63) is 58.6 Å². The highest BCUT2D eigenvalue weighted by molar-refractivity contribution is 9.10. The maximum atomic E-state index is 3.46. The molecule has 1 atom stereocenters. The van der Waals surface area contributed by atoms with Crippen molar-refractivity contribution in [2.75, 3.05) is 0 Å². The van der Waals surface area contributed by atoms with Gasteiger partial charge in [0.05, 0.1) is 0 Å². The summed E-state index contributed by atoms with van der Waals surface area (Å²) in [6.07, 6.45) is 10.3. The van der Waals surface area contributed by atoms with Crippen molar-refractivity contribution in [2.45, 2.75) is 12.3 Å². The molecule has 1 unspecified atom stereocenters. The summed E-state index contributed by atoms with van der Waals surface area (Å²) >= 11 is 3.46. The quantitative estimate of drug-likeness (QED) is 0.702. The van der Waals surface area contributed by atoms with E-state index in [2.05, 4.69) is 64.5 Å². The molecule has 0 amide bonds. The monoisotopic (exact) mass is 246 g/mol. The van der Waals surface area contributed by atoms with E-state index in [1.54, 1.807) is 0 Å². The fourth-order valence-electron chi connectivity index (χ4n) is 2.31. The largest absolute Gasteiger partial charge is 0.0739 e. The van der Waals surface area contributed by atoms with Crippen molar-refractivity contribution >= 4 is 15.9 Å². The predicted molar refractivity (Wildman–Crippen MR) is 62.2 cm³/mol. The van der Waals surface area contributed by atoms with E-state index in [0.29, 0.717) is 11.3 Å². The Morgan fingerprint density at radius 2 is 1.71 bits per heavy atom. The standard InChI is InChI=1S/C13H11Br/c14-11-5-3-10(4-6-11)12-9-13(12)7-1-2-8-13/h1-8,12H,9H2. The normalized spacial score (nSPS) is 25.9. The number of hydrogen-bond donors (Lipinski definition) is 0. The van der Waals surface area contributed by atoms with E-state index in [9.17, 15) is 0 Å². The lowest BCUT2D eigenvalue weighted by molar-refractivity contribution is 0.819. The topological polar surface area (TPSA) is 0 Å². The minimum Gasteiger partial charge on any atom is -0.0739 e. The van der Waals surface area contributed by atoms with Gasteiger partial charge in [0.1, 0.15) is 0 Å². The molecule has 1 heteroatoms. The first-order valence-electron chi connectivity index (χ1n) is 4.93. The molecule has 0 N–H and O–H groups in total. The number of rotatable bonds is 1. The Hall–Kier alpha value is -0.820. The van der Waals surface area contributed by atoms with Crippen molar-refractivity contribution in [3.8, 4) is 0 Å². The van der Waals surface area contributed by atoms with Crippen molar-refractivity contribution in [1.82, 2.24) is 0 Å². The van der Waals surface area contributed by atoms with Crippen LogP contribution in [0.3, 0.4) is 0 Å². The van der Waals surface area contributed by atoms with Crippen LogP contribution in [0.15, 0.2) is 53.0 Å². The summed E-state index contributed by atoms with van der Waals surface area (Å²) in [6.45, 7) is 0. The van der Waals surface area contributed by atoms with Gasteiger partial charge in [-0.3, -0.25) is 0 Å². The Kier molecular flexibility index (Phi) is 1.72. The van der Waals surface area contributed by atoms with Crippen LogP contribution in [0.5, 0.6) is 0 Å². The molecule has 70 valence electrons. The van der Waals surface area contributed by atoms with Crippen molar-refractivity contribution in [1.29, 1.82) is 0 Å². The van der Waals surface area contributed by atoms with Crippen LogP contribution in [0.4, 0.5) is 0 Å². The molecule has 0 aliphatic heterocycles. The first-order chi connectivity index (χ1) is 6.80. The van der Waals surface area contributed by atoms with Crippen LogP contribution in [0.1, 0.15) is 17.9 Å². The predicted octanol–water partition coefficient (Wildman–Crippen LogP) is 4.05. The smallest absolute Gasteiger partial charge is 0.0175 e. The summed E-state index contributed by atoms with van der Waals surface area (Å²) < 4.78 is 1.16. The molecule has 1 aromatic rings. The third-order valence-electron chi connectivity index (χ3n) is 3.24. The molecule has 1 aromatic carbocycles. The van der Waals surface area contributed by atoms with Gasteiger partial charge in [-0.05, 0) is 30.0 Å². The Bertz CT molecular complexity index is 399. The van der Waals surface area contributed by atoms with Crippen LogP contribution in [0.2, 0.25) is 0 Å². The van der Waals surface area contributed by atoms with E-state index in [0.717, 1.165) is 4.47 Å². The molecule has 1 saturated carbocycles. The van der Waals surface area contributed by atoms with E-state index < -0.39 is 0 Å². The molecule has 14 heavy (non-hydrogen) atoms. The number of halogens is 1. The number of allylic oxidation sites excluding steroid dienone is 4. The van der Waals surface area contributed by atoms with E-state index in [1.807, 2.05) is 0 Å². The zero-order chi connectivity index (χ0) is 9.60. The molecule has 1 fully saturated rings. The van der Waals surface area contributed by atoms with Gasteiger partial charge in [-0.25, -0.2) is 0 Å². The van der Waals surface area contributed by atoms with E-state index in [1.165, 1.54) is 12.0 Å². The molecular weight excluding hydrogens is 236 g/mol. The molecule has 3 rings (SSSR count). The first kappa shape index (κ1) is 8.49. The zero-order valence-corrected chi connectivity index (χ0v) is 9.37. The van der Waals surface area contributed by atoms with Gasteiger partial charge in [-0.1, -0.05) is 52.4 Å². The average molecular weight is 247 g/mol. The zero-order valence-electron chi connectivity index (χ0n) is 7.78. The SMILES string of the molecule is Brc1ccc(C2CC23C=CC=C3)cc1. The molecule has 0 radical (unpaired) electrons. The van der Waals surface area contributed by atoms with Gasteiger partial charge in [0.25, 0.3) is 0 Å². The Labute approximate surface area is 92.5 Å². The van der Waals surface area contributed by atoms with E-state index in [4.69, 9.17) is 0 Å².